The molecule has 0 aromatic heterocycles. The highest BCUT2D eigenvalue weighted by atomic mass is 16.5. The lowest BCUT2D eigenvalue weighted by Gasteiger charge is -2.09. The van der Waals surface area contributed by atoms with Crippen LogP contribution in [-0.4, -0.2) is 25.1 Å². The smallest absolute Gasteiger partial charge is 0.312 e. The largest absolute Gasteiger partial charge is 0.494 e. The second kappa shape index (κ2) is 12.8. The molecule has 0 bridgehead atoms. The Balaban J connectivity index is 1.28. The fourth-order valence-corrected chi connectivity index (χ4v) is 3.06. The third kappa shape index (κ3) is 8.57. The summed E-state index contributed by atoms with van der Waals surface area (Å²) in [5.74, 6) is 1.46. The summed E-state index contributed by atoms with van der Waals surface area (Å²) in [5.41, 5.74) is 7.62. The van der Waals surface area contributed by atoms with Gasteiger partial charge in [-0.25, -0.2) is 4.79 Å². The number of primary amides is 1. The fourth-order valence-electron chi connectivity index (χ4n) is 3.06. The number of hydrogen-bond donors (Lipinski definition) is 3. The molecule has 3 rings (SSSR count). The van der Waals surface area contributed by atoms with Crippen molar-refractivity contribution in [2.24, 2.45) is 5.73 Å². The summed E-state index contributed by atoms with van der Waals surface area (Å²) in [5, 5.41) is 5.41. The molecule has 4 N–H and O–H groups in total. The quantitative estimate of drug-likeness (QED) is 0.365. The Hall–Kier alpha value is -4.00. The first-order valence-corrected chi connectivity index (χ1v) is 10.9. The van der Waals surface area contributed by atoms with E-state index in [0.717, 1.165) is 35.5 Å². The molecule has 0 aliphatic rings. The van der Waals surface area contributed by atoms with Crippen LogP contribution in [0.15, 0.2) is 78.9 Å². The van der Waals surface area contributed by atoms with E-state index in [1.54, 1.807) is 24.3 Å². The van der Waals surface area contributed by atoms with Gasteiger partial charge in [0.25, 0.3) is 5.91 Å². The molecular weight excluding hydrogens is 418 g/mol. The maximum Gasteiger partial charge on any atom is 0.312 e. The number of benzene rings is 3. The summed E-state index contributed by atoms with van der Waals surface area (Å²) < 4.78 is 11.5. The van der Waals surface area contributed by atoms with Crippen LogP contribution in [0.25, 0.3) is 0 Å². The van der Waals surface area contributed by atoms with Gasteiger partial charge in [-0.2, -0.15) is 0 Å². The van der Waals surface area contributed by atoms with E-state index in [2.05, 4.69) is 10.6 Å². The summed E-state index contributed by atoms with van der Waals surface area (Å²) in [6.45, 7) is 2.01. The molecule has 0 spiro atoms. The number of carbonyl (C=O) groups excluding carboxylic acids is 2. The summed E-state index contributed by atoms with van der Waals surface area (Å²) in [7, 11) is 0. The molecule has 7 heteroatoms. The molecule has 172 valence electrons. The van der Waals surface area contributed by atoms with Crippen LogP contribution in [0.2, 0.25) is 0 Å². The van der Waals surface area contributed by atoms with Crippen LogP contribution in [0.5, 0.6) is 11.5 Å². The predicted octanol–water partition coefficient (Wildman–Crippen LogP) is 4.02. The van der Waals surface area contributed by atoms with Crippen LogP contribution < -0.4 is 25.8 Å². The Morgan fingerprint density at radius 3 is 2.06 bits per heavy atom. The Kier molecular flexibility index (Phi) is 9.15. The monoisotopic (exact) mass is 447 g/mol. The number of rotatable bonds is 12. The lowest BCUT2D eigenvalue weighted by atomic mass is 10.1. The van der Waals surface area contributed by atoms with E-state index in [9.17, 15) is 9.59 Å². The van der Waals surface area contributed by atoms with Crippen molar-refractivity contribution < 1.29 is 19.1 Å². The Morgan fingerprint density at radius 2 is 1.39 bits per heavy atom. The highest BCUT2D eigenvalue weighted by molar-refractivity contribution is 5.94. The first-order valence-electron chi connectivity index (χ1n) is 10.9. The molecule has 0 radical (unpaired) electrons. The van der Waals surface area contributed by atoms with Gasteiger partial charge in [0.1, 0.15) is 18.1 Å². The highest BCUT2D eigenvalue weighted by Gasteiger charge is 2.05. The van der Waals surface area contributed by atoms with Crippen molar-refractivity contribution in [2.75, 3.05) is 13.2 Å². The average Bonchev–Trinajstić information content (AvgIpc) is 2.85. The van der Waals surface area contributed by atoms with Crippen LogP contribution in [-0.2, 0) is 13.2 Å². The van der Waals surface area contributed by atoms with Crippen LogP contribution in [0.3, 0.4) is 0 Å². The number of nitrogens with one attached hydrogen (secondary N) is 2. The van der Waals surface area contributed by atoms with E-state index in [1.807, 2.05) is 54.6 Å². The molecule has 33 heavy (non-hydrogen) atoms. The van der Waals surface area contributed by atoms with Gasteiger partial charge in [0, 0.05) is 18.7 Å². The molecule has 0 heterocycles. The van der Waals surface area contributed by atoms with Crippen LogP contribution in [0.4, 0.5) is 4.79 Å². The van der Waals surface area contributed by atoms with Crippen molar-refractivity contribution >= 4 is 11.9 Å². The zero-order valence-electron chi connectivity index (χ0n) is 18.5. The van der Waals surface area contributed by atoms with Crippen molar-refractivity contribution in [1.82, 2.24) is 10.6 Å². The Labute approximate surface area is 193 Å². The molecule has 3 aromatic rings. The summed E-state index contributed by atoms with van der Waals surface area (Å²) in [6.07, 6.45) is 1.63. The van der Waals surface area contributed by atoms with E-state index in [0.29, 0.717) is 31.9 Å². The van der Waals surface area contributed by atoms with Crippen LogP contribution in [0.1, 0.15) is 34.3 Å². The van der Waals surface area contributed by atoms with Crippen LogP contribution >= 0.6 is 0 Å². The number of nitrogens with two attached hydrogens (primary N) is 1. The van der Waals surface area contributed by atoms with Gasteiger partial charge in [0.15, 0.2) is 0 Å². The third-order valence-corrected chi connectivity index (χ3v) is 4.88. The molecule has 3 aromatic carbocycles. The van der Waals surface area contributed by atoms with Gasteiger partial charge in [0.05, 0.1) is 6.61 Å². The molecule has 0 unspecified atom stereocenters. The molecule has 0 aliphatic heterocycles. The molecular formula is C26H29N3O4. The summed E-state index contributed by atoms with van der Waals surface area (Å²) in [6, 6.07) is 24.1. The van der Waals surface area contributed by atoms with Crippen LogP contribution in [0, 0.1) is 0 Å². The molecule has 0 saturated heterocycles. The minimum absolute atomic E-state index is 0.128. The number of ether oxygens (including phenoxy) is 2. The van der Waals surface area contributed by atoms with Crippen molar-refractivity contribution in [1.29, 1.82) is 0 Å². The number of urea groups is 1. The first kappa shape index (κ1) is 23.7. The molecule has 0 aliphatic carbocycles. The average molecular weight is 448 g/mol. The normalized spacial score (nSPS) is 10.3. The van der Waals surface area contributed by atoms with Crippen molar-refractivity contribution in [2.45, 2.75) is 26.0 Å². The third-order valence-electron chi connectivity index (χ3n) is 4.88. The lowest BCUT2D eigenvalue weighted by Crippen LogP contribution is -2.28. The maximum atomic E-state index is 12.2. The summed E-state index contributed by atoms with van der Waals surface area (Å²) >= 11 is 0. The number of unbranched alkanes of at least 4 members (excludes halogenated alkanes) is 1. The second-order valence-electron chi connectivity index (χ2n) is 7.47. The standard InChI is InChI=1S/C26H29N3O4/c27-26(31)29-18-20-8-10-22(11-9-20)25(30)28-16-4-5-17-32-23-12-14-24(15-13-23)33-19-21-6-2-1-3-7-21/h1-3,6-15H,4-5,16-19H2,(H,28,30)(H3,27,29,31). The van der Waals surface area contributed by atoms with E-state index in [1.165, 1.54) is 0 Å². The maximum absolute atomic E-state index is 12.2. The van der Waals surface area contributed by atoms with E-state index in [4.69, 9.17) is 15.2 Å². The van der Waals surface area contributed by atoms with Gasteiger partial charge in [-0.1, -0.05) is 42.5 Å². The van der Waals surface area contributed by atoms with Crippen molar-refractivity contribution in [3.05, 3.63) is 95.6 Å². The van der Waals surface area contributed by atoms with E-state index in [-0.39, 0.29) is 5.91 Å². The second-order valence-corrected chi connectivity index (χ2v) is 7.47. The van der Waals surface area contributed by atoms with Gasteiger partial charge in [-0.15, -0.1) is 0 Å². The number of hydrogen-bond acceptors (Lipinski definition) is 4. The topological polar surface area (TPSA) is 103 Å². The molecule has 0 saturated carbocycles. The number of amides is 3. The highest BCUT2D eigenvalue weighted by Crippen LogP contribution is 2.19. The zero-order valence-corrected chi connectivity index (χ0v) is 18.5. The Morgan fingerprint density at radius 1 is 0.727 bits per heavy atom. The summed E-state index contributed by atoms with van der Waals surface area (Å²) in [4.78, 5) is 22.9. The van der Waals surface area contributed by atoms with Crippen molar-refractivity contribution in [3.63, 3.8) is 0 Å². The lowest BCUT2D eigenvalue weighted by molar-refractivity contribution is 0.0952. The molecule has 7 nitrogen and oxygen atoms in total. The fraction of sp³-hybridized carbons (Fsp3) is 0.231. The minimum atomic E-state index is -0.578. The Bertz CT molecular complexity index is 1010. The molecule has 0 fully saturated rings. The molecule has 0 atom stereocenters. The van der Waals surface area contributed by atoms with Gasteiger partial charge in [0.2, 0.25) is 0 Å². The van der Waals surface area contributed by atoms with Gasteiger partial charge in [-0.3, -0.25) is 4.79 Å². The zero-order chi connectivity index (χ0) is 23.3. The molecule has 3 amide bonds. The SMILES string of the molecule is NC(=O)NCc1ccc(C(=O)NCCCCOc2ccc(OCc3ccccc3)cc2)cc1. The minimum Gasteiger partial charge on any atom is -0.494 e. The number of carbonyl (C=O) groups is 2. The first-order chi connectivity index (χ1) is 16.1. The van der Waals surface area contributed by atoms with Crippen molar-refractivity contribution in [3.8, 4) is 11.5 Å². The van der Waals surface area contributed by atoms with Gasteiger partial charge in [-0.05, 0) is 60.4 Å². The predicted molar refractivity (Wildman–Crippen MR) is 127 cm³/mol. The van der Waals surface area contributed by atoms with E-state index < -0.39 is 6.03 Å². The van der Waals surface area contributed by atoms with Gasteiger partial charge >= 0.3 is 6.03 Å². The van der Waals surface area contributed by atoms with Gasteiger partial charge < -0.3 is 25.8 Å². The van der Waals surface area contributed by atoms with E-state index >= 15 is 0 Å².